The molecule has 7 heteroatoms. The summed E-state index contributed by atoms with van der Waals surface area (Å²) in [5.41, 5.74) is 4.01. The van der Waals surface area contributed by atoms with E-state index in [9.17, 15) is 4.79 Å². The fourth-order valence-corrected chi connectivity index (χ4v) is 3.87. The van der Waals surface area contributed by atoms with Crippen molar-refractivity contribution in [2.75, 3.05) is 31.1 Å². The van der Waals surface area contributed by atoms with Crippen LogP contribution in [0.2, 0.25) is 0 Å². The highest BCUT2D eigenvalue weighted by atomic mass is 32.1. The predicted molar refractivity (Wildman–Crippen MR) is 115 cm³/mol. The number of carbonyl (C=O) groups is 1. The topological polar surface area (TPSA) is 55.7 Å². The summed E-state index contributed by atoms with van der Waals surface area (Å²) in [7, 11) is 0. The Hall–Kier alpha value is -2.77. The third-order valence-corrected chi connectivity index (χ3v) is 5.76. The molecule has 0 amide bonds. The minimum Gasteiger partial charge on any atom is -0.409 e. The van der Waals surface area contributed by atoms with Crippen molar-refractivity contribution in [1.82, 2.24) is 9.78 Å². The number of piperazine rings is 1. The molecule has 0 bridgehead atoms. The van der Waals surface area contributed by atoms with Crippen molar-refractivity contribution in [1.29, 1.82) is 0 Å². The van der Waals surface area contributed by atoms with E-state index >= 15 is 0 Å². The Balaban J connectivity index is 1.39. The predicted octanol–water partition coefficient (Wildman–Crippen LogP) is 2.75. The molecular weight excluding hydrogens is 384 g/mol. The maximum atomic E-state index is 11.4. The van der Waals surface area contributed by atoms with Gasteiger partial charge in [0.15, 0.2) is 12.5 Å². The number of hydrogen-bond acceptors (Lipinski definition) is 5. The molecule has 2 heterocycles. The van der Waals surface area contributed by atoms with Gasteiger partial charge in [-0.3, -0.25) is 4.79 Å². The van der Waals surface area contributed by atoms with Crippen LogP contribution in [0, 0.1) is 11.8 Å². The third kappa shape index (κ3) is 4.31. The van der Waals surface area contributed by atoms with Gasteiger partial charge in [0, 0.05) is 16.8 Å². The normalized spacial score (nSPS) is 14.9. The Kier molecular flexibility index (Phi) is 5.60. The number of nitrogens with zero attached hydrogens (tertiary/aromatic N) is 3. The maximum absolute atomic E-state index is 11.4. The van der Waals surface area contributed by atoms with Crippen LogP contribution < -0.4 is 9.80 Å². The standard InChI is InChI=1S/C22H24N4O2S/c1-16-5-3-4-6-20(16)21-23-26(22(29)28-21)15-24-11-13-25(14-12-24)19-9-7-18(8-10-19)17(2)27/h3-10H,11-15H2,1-2H3/p+1. The number of aromatic nitrogens is 2. The summed E-state index contributed by atoms with van der Waals surface area (Å²) in [6.45, 7) is 8.21. The van der Waals surface area contributed by atoms with Crippen LogP contribution >= 0.6 is 12.2 Å². The van der Waals surface area contributed by atoms with E-state index in [1.807, 2.05) is 55.5 Å². The van der Waals surface area contributed by atoms with Gasteiger partial charge in [-0.1, -0.05) is 18.2 Å². The number of ketones is 1. The largest absolute Gasteiger partial charge is 0.409 e. The number of carbonyl (C=O) groups excluding carboxylic acids is 1. The Bertz CT molecular complexity index is 1060. The zero-order chi connectivity index (χ0) is 20.4. The number of anilines is 1. The number of nitrogens with one attached hydrogen (secondary N) is 1. The molecule has 1 fully saturated rings. The number of benzene rings is 2. The highest BCUT2D eigenvalue weighted by Crippen LogP contribution is 2.21. The fourth-order valence-electron chi connectivity index (χ4n) is 3.69. The Labute approximate surface area is 175 Å². The van der Waals surface area contributed by atoms with Gasteiger partial charge in [-0.05, 0) is 62.0 Å². The molecule has 1 N–H and O–H groups in total. The second-order valence-corrected chi connectivity index (χ2v) is 7.84. The average molecular weight is 410 g/mol. The Morgan fingerprint density at radius 3 is 2.48 bits per heavy atom. The summed E-state index contributed by atoms with van der Waals surface area (Å²) in [6.07, 6.45) is 0. The number of quaternary nitrogens is 1. The van der Waals surface area contributed by atoms with E-state index in [1.165, 1.54) is 4.90 Å². The molecule has 1 aliphatic heterocycles. The van der Waals surface area contributed by atoms with E-state index in [1.54, 1.807) is 11.6 Å². The summed E-state index contributed by atoms with van der Waals surface area (Å²) in [4.78, 5) is 15.6. The first-order chi connectivity index (χ1) is 14.0. The minimum absolute atomic E-state index is 0.0974. The van der Waals surface area contributed by atoms with Crippen molar-refractivity contribution in [2.45, 2.75) is 20.5 Å². The Morgan fingerprint density at radius 1 is 1.14 bits per heavy atom. The second kappa shape index (κ2) is 8.31. The van der Waals surface area contributed by atoms with Crippen LogP contribution in [0.25, 0.3) is 11.5 Å². The monoisotopic (exact) mass is 409 g/mol. The van der Waals surface area contributed by atoms with Gasteiger partial charge in [-0.15, -0.1) is 5.10 Å². The first kappa shape index (κ1) is 19.5. The summed E-state index contributed by atoms with van der Waals surface area (Å²) in [5, 5.41) is 4.62. The van der Waals surface area contributed by atoms with Crippen molar-refractivity contribution in [2.24, 2.45) is 0 Å². The van der Waals surface area contributed by atoms with Crippen LogP contribution in [0.1, 0.15) is 22.8 Å². The zero-order valence-corrected chi connectivity index (χ0v) is 17.5. The number of aryl methyl sites for hydroxylation is 1. The van der Waals surface area contributed by atoms with Gasteiger partial charge in [0.25, 0.3) is 4.84 Å². The molecule has 4 rings (SSSR count). The summed E-state index contributed by atoms with van der Waals surface area (Å²) in [5.74, 6) is 0.678. The van der Waals surface area contributed by atoms with Crippen LogP contribution in [-0.4, -0.2) is 41.7 Å². The third-order valence-electron chi connectivity index (χ3n) is 5.46. The summed E-state index contributed by atoms with van der Waals surface area (Å²) >= 11 is 5.40. The van der Waals surface area contributed by atoms with E-state index in [0.717, 1.165) is 48.6 Å². The van der Waals surface area contributed by atoms with Crippen LogP contribution in [0.5, 0.6) is 0 Å². The van der Waals surface area contributed by atoms with Crippen LogP contribution in [0.3, 0.4) is 0 Å². The van der Waals surface area contributed by atoms with Crippen molar-refractivity contribution < 1.29 is 14.1 Å². The molecule has 0 unspecified atom stereocenters. The van der Waals surface area contributed by atoms with Crippen LogP contribution in [0.4, 0.5) is 5.69 Å². The van der Waals surface area contributed by atoms with Crippen molar-refractivity contribution >= 4 is 23.7 Å². The van der Waals surface area contributed by atoms with Gasteiger partial charge in [0.05, 0.1) is 26.2 Å². The molecule has 0 spiro atoms. The molecule has 29 heavy (non-hydrogen) atoms. The molecule has 1 aromatic heterocycles. The Morgan fingerprint density at radius 2 is 1.83 bits per heavy atom. The van der Waals surface area contributed by atoms with Gasteiger partial charge < -0.3 is 14.2 Å². The lowest BCUT2D eigenvalue weighted by Gasteiger charge is -2.33. The molecule has 0 radical (unpaired) electrons. The molecule has 3 aromatic rings. The molecule has 2 aromatic carbocycles. The van der Waals surface area contributed by atoms with Crippen molar-refractivity contribution in [3.63, 3.8) is 0 Å². The SMILES string of the molecule is CC(=O)c1ccc(N2CC[NH+](Cn3nc(-c4ccccc4C)oc3=S)CC2)cc1. The highest BCUT2D eigenvalue weighted by Gasteiger charge is 2.22. The molecule has 0 atom stereocenters. The lowest BCUT2D eigenvalue weighted by molar-refractivity contribution is -0.924. The van der Waals surface area contributed by atoms with Crippen molar-refractivity contribution in [3.8, 4) is 11.5 Å². The lowest BCUT2D eigenvalue weighted by Crippen LogP contribution is -3.14. The molecule has 1 saturated heterocycles. The van der Waals surface area contributed by atoms with E-state index < -0.39 is 0 Å². The number of Topliss-reactive ketones (excluding diaryl/α,β-unsaturated/α-hetero) is 1. The van der Waals surface area contributed by atoms with Gasteiger partial charge in [-0.2, -0.15) is 4.68 Å². The number of rotatable bonds is 5. The number of hydrogen-bond donors (Lipinski definition) is 1. The van der Waals surface area contributed by atoms with Crippen LogP contribution in [-0.2, 0) is 6.67 Å². The smallest absolute Gasteiger partial charge is 0.292 e. The molecule has 0 aliphatic carbocycles. The van der Waals surface area contributed by atoms with Gasteiger partial charge >= 0.3 is 0 Å². The molecule has 150 valence electrons. The highest BCUT2D eigenvalue weighted by molar-refractivity contribution is 7.71. The maximum Gasteiger partial charge on any atom is 0.292 e. The van der Waals surface area contributed by atoms with E-state index in [-0.39, 0.29) is 5.78 Å². The quantitative estimate of drug-likeness (QED) is 0.519. The molecule has 1 aliphatic rings. The molecular formula is C22H25N4O2S+. The first-order valence-electron chi connectivity index (χ1n) is 9.85. The van der Waals surface area contributed by atoms with E-state index in [2.05, 4.69) is 10.00 Å². The average Bonchev–Trinajstić information content (AvgIpc) is 3.09. The van der Waals surface area contributed by atoms with E-state index in [0.29, 0.717) is 17.4 Å². The van der Waals surface area contributed by atoms with Gasteiger partial charge in [0.2, 0.25) is 5.89 Å². The molecule has 0 saturated carbocycles. The van der Waals surface area contributed by atoms with Gasteiger partial charge in [-0.25, -0.2) is 0 Å². The lowest BCUT2D eigenvalue weighted by atomic mass is 10.1. The molecule has 6 nitrogen and oxygen atoms in total. The second-order valence-electron chi connectivity index (χ2n) is 7.49. The zero-order valence-electron chi connectivity index (χ0n) is 16.7. The fraction of sp³-hybridized carbons (Fsp3) is 0.318. The first-order valence-corrected chi connectivity index (χ1v) is 10.3. The van der Waals surface area contributed by atoms with Crippen molar-refractivity contribution in [3.05, 3.63) is 64.5 Å². The van der Waals surface area contributed by atoms with Gasteiger partial charge in [0.1, 0.15) is 0 Å². The van der Waals surface area contributed by atoms with Crippen LogP contribution in [0.15, 0.2) is 52.9 Å². The van der Waals surface area contributed by atoms with E-state index in [4.69, 9.17) is 16.6 Å². The summed E-state index contributed by atoms with van der Waals surface area (Å²) in [6, 6.07) is 15.9. The summed E-state index contributed by atoms with van der Waals surface area (Å²) < 4.78 is 7.55. The minimum atomic E-state index is 0.0974.